The predicted molar refractivity (Wildman–Crippen MR) is 103 cm³/mol. The molecule has 0 saturated carbocycles. The number of rotatable bonds is 6. The topological polar surface area (TPSA) is 44.4 Å². The molecule has 4 nitrogen and oxygen atoms in total. The first kappa shape index (κ1) is 18.1. The summed E-state index contributed by atoms with van der Waals surface area (Å²) in [4.78, 5) is 14.2. The zero-order valence-corrected chi connectivity index (χ0v) is 15.4. The summed E-state index contributed by atoms with van der Waals surface area (Å²) >= 11 is 6.21. The van der Waals surface area contributed by atoms with Crippen LogP contribution in [0.1, 0.15) is 17.5 Å². The SMILES string of the molecule is Cc1cc(C)c(NC(=O)CCNc2ccc(N(C)C)cc2)c(Cl)c1. The van der Waals surface area contributed by atoms with E-state index < -0.39 is 0 Å². The fraction of sp³-hybridized carbons (Fsp3) is 0.316. The highest BCUT2D eigenvalue weighted by Crippen LogP contribution is 2.27. The van der Waals surface area contributed by atoms with Gasteiger partial charge in [-0.3, -0.25) is 4.79 Å². The molecule has 5 heteroatoms. The second-order valence-electron chi connectivity index (χ2n) is 6.10. The Kier molecular flexibility index (Phi) is 6.10. The molecule has 0 radical (unpaired) electrons. The van der Waals surface area contributed by atoms with Crippen LogP contribution < -0.4 is 15.5 Å². The smallest absolute Gasteiger partial charge is 0.226 e. The molecule has 0 bridgehead atoms. The van der Waals surface area contributed by atoms with Gasteiger partial charge in [0.25, 0.3) is 0 Å². The van der Waals surface area contributed by atoms with E-state index in [9.17, 15) is 4.79 Å². The van der Waals surface area contributed by atoms with E-state index in [0.717, 1.165) is 22.5 Å². The number of carbonyl (C=O) groups is 1. The van der Waals surface area contributed by atoms with Crippen molar-refractivity contribution < 1.29 is 4.79 Å². The van der Waals surface area contributed by atoms with Gasteiger partial charge in [0.05, 0.1) is 10.7 Å². The quantitative estimate of drug-likeness (QED) is 0.812. The van der Waals surface area contributed by atoms with Crippen LogP contribution in [0.3, 0.4) is 0 Å². The highest BCUT2D eigenvalue weighted by atomic mass is 35.5. The molecule has 0 saturated heterocycles. The monoisotopic (exact) mass is 345 g/mol. The van der Waals surface area contributed by atoms with E-state index in [4.69, 9.17) is 11.6 Å². The molecular weight excluding hydrogens is 322 g/mol. The average Bonchev–Trinajstić information content (AvgIpc) is 2.51. The highest BCUT2D eigenvalue weighted by molar-refractivity contribution is 6.34. The van der Waals surface area contributed by atoms with Crippen LogP contribution in [-0.4, -0.2) is 26.5 Å². The molecule has 2 aromatic rings. The zero-order chi connectivity index (χ0) is 17.7. The highest BCUT2D eigenvalue weighted by Gasteiger charge is 2.09. The Labute approximate surface area is 148 Å². The van der Waals surface area contributed by atoms with Crippen LogP contribution in [0, 0.1) is 13.8 Å². The fourth-order valence-corrected chi connectivity index (χ4v) is 2.84. The first-order valence-electron chi connectivity index (χ1n) is 7.94. The van der Waals surface area contributed by atoms with Gasteiger partial charge in [0.2, 0.25) is 5.91 Å². The van der Waals surface area contributed by atoms with Crippen molar-refractivity contribution in [2.45, 2.75) is 20.3 Å². The fourth-order valence-electron chi connectivity index (χ4n) is 2.47. The minimum atomic E-state index is -0.0544. The Morgan fingerprint density at radius 1 is 1.12 bits per heavy atom. The number of hydrogen-bond acceptors (Lipinski definition) is 3. The van der Waals surface area contributed by atoms with E-state index in [1.54, 1.807) is 0 Å². The number of halogens is 1. The normalized spacial score (nSPS) is 10.4. The molecule has 0 spiro atoms. The standard InChI is InChI=1S/C19H24ClN3O/c1-13-11-14(2)19(17(20)12-13)22-18(24)9-10-21-15-5-7-16(8-6-15)23(3)4/h5-8,11-12,21H,9-10H2,1-4H3,(H,22,24). The van der Waals surface area contributed by atoms with Gasteiger partial charge in [0, 0.05) is 38.4 Å². The van der Waals surface area contributed by atoms with Crippen LogP contribution in [0.25, 0.3) is 0 Å². The maximum absolute atomic E-state index is 12.1. The number of hydrogen-bond donors (Lipinski definition) is 2. The molecule has 0 fully saturated rings. The summed E-state index contributed by atoms with van der Waals surface area (Å²) in [5.74, 6) is -0.0544. The Hall–Kier alpha value is -2.20. The number of anilines is 3. The van der Waals surface area contributed by atoms with Crippen molar-refractivity contribution in [2.24, 2.45) is 0 Å². The van der Waals surface area contributed by atoms with Gasteiger partial charge >= 0.3 is 0 Å². The summed E-state index contributed by atoms with van der Waals surface area (Å²) in [7, 11) is 4.01. The molecule has 0 aliphatic rings. The van der Waals surface area contributed by atoms with E-state index in [2.05, 4.69) is 10.6 Å². The Morgan fingerprint density at radius 3 is 2.38 bits per heavy atom. The lowest BCUT2D eigenvalue weighted by molar-refractivity contribution is -0.115. The molecule has 0 aliphatic heterocycles. The summed E-state index contributed by atoms with van der Waals surface area (Å²) in [6.45, 7) is 4.49. The summed E-state index contributed by atoms with van der Waals surface area (Å²) in [6, 6.07) is 12.0. The van der Waals surface area contributed by atoms with Gasteiger partial charge in [-0.15, -0.1) is 0 Å². The first-order chi connectivity index (χ1) is 11.4. The third-order valence-electron chi connectivity index (χ3n) is 3.76. The van der Waals surface area contributed by atoms with Crippen LogP contribution in [0.5, 0.6) is 0 Å². The minimum absolute atomic E-state index is 0.0544. The number of nitrogens with one attached hydrogen (secondary N) is 2. The van der Waals surface area contributed by atoms with E-state index >= 15 is 0 Å². The van der Waals surface area contributed by atoms with Crippen LogP contribution in [0.4, 0.5) is 17.1 Å². The summed E-state index contributed by atoms with van der Waals surface area (Å²) < 4.78 is 0. The predicted octanol–water partition coefficient (Wildman–Crippen LogP) is 4.46. The summed E-state index contributed by atoms with van der Waals surface area (Å²) in [6.07, 6.45) is 0.374. The molecule has 0 aromatic heterocycles. The van der Waals surface area contributed by atoms with Crippen LogP contribution in [0.15, 0.2) is 36.4 Å². The van der Waals surface area contributed by atoms with Crippen molar-refractivity contribution in [3.8, 4) is 0 Å². The second-order valence-corrected chi connectivity index (χ2v) is 6.51. The van der Waals surface area contributed by atoms with Crippen molar-refractivity contribution in [3.63, 3.8) is 0 Å². The molecule has 24 heavy (non-hydrogen) atoms. The van der Waals surface area contributed by atoms with Gasteiger partial charge in [0.1, 0.15) is 0 Å². The Bertz CT molecular complexity index is 688. The van der Waals surface area contributed by atoms with Gasteiger partial charge in [-0.25, -0.2) is 0 Å². The van der Waals surface area contributed by atoms with E-state index in [0.29, 0.717) is 23.7 Å². The van der Waals surface area contributed by atoms with Crippen molar-refractivity contribution in [1.29, 1.82) is 0 Å². The molecule has 128 valence electrons. The molecule has 0 aliphatic carbocycles. The lowest BCUT2D eigenvalue weighted by Gasteiger charge is -2.14. The lowest BCUT2D eigenvalue weighted by atomic mass is 10.1. The van der Waals surface area contributed by atoms with Crippen molar-refractivity contribution >= 4 is 34.6 Å². The molecule has 0 heterocycles. The summed E-state index contributed by atoms with van der Waals surface area (Å²) in [5.41, 5.74) is 4.89. The molecule has 1 amide bonds. The average molecular weight is 346 g/mol. The summed E-state index contributed by atoms with van der Waals surface area (Å²) in [5, 5.41) is 6.73. The largest absolute Gasteiger partial charge is 0.385 e. The maximum Gasteiger partial charge on any atom is 0.226 e. The Balaban J connectivity index is 1.85. The third kappa shape index (κ3) is 4.90. The Morgan fingerprint density at radius 2 is 1.79 bits per heavy atom. The van der Waals surface area contributed by atoms with Crippen molar-refractivity contribution in [2.75, 3.05) is 36.2 Å². The molecular formula is C19H24ClN3O. The van der Waals surface area contributed by atoms with Crippen LogP contribution in [-0.2, 0) is 4.79 Å². The first-order valence-corrected chi connectivity index (χ1v) is 8.32. The number of aryl methyl sites for hydroxylation is 2. The number of amides is 1. The molecule has 0 unspecified atom stereocenters. The number of benzene rings is 2. The van der Waals surface area contributed by atoms with Gasteiger partial charge in [-0.1, -0.05) is 17.7 Å². The van der Waals surface area contributed by atoms with E-state index in [1.807, 2.05) is 69.2 Å². The van der Waals surface area contributed by atoms with Crippen molar-refractivity contribution in [3.05, 3.63) is 52.5 Å². The molecule has 2 aromatic carbocycles. The number of carbonyl (C=O) groups excluding carboxylic acids is 1. The van der Waals surface area contributed by atoms with Gasteiger partial charge in [-0.2, -0.15) is 0 Å². The van der Waals surface area contributed by atoms with Crippen molar-refractivity contribution in [1.82, 2.24) is 0 Å². The third-order valence-corrected chi connectivity index (χ3v) is 4.06. The van der Waals surface area contributed by atoms with Crippen LogP contribution >= 0.6 is 11.6 Å². The maximum atomic E-state index is 12.1. The molecule has 0 atom stereocenters. The minimum Gasteiger partial charge on any atom is -0.385 e. The van der Waals surface area contributed by atoms with Crippen LogP contribution in [0.2, 0.25) is 5.02 Å². The van der Waals surface area contributed by atoms with E-state index in [-0.39, 0.29) is 5.91 Å². The number of nitrogens with zero attached hydrogens (tertiary/aromatic N) is 1. The zero-order valence-electron chi connectivity index (χ0n) is 14.6. The second kappa shape index (κ2) is 8.06. The molecule has 2 N–H and O–H groups in total. The van der Waals surface area contributed by atoms with Gasteiger partial charge in [0.15, 0.2) is 0 Å². The molecule has 2 rings (SSSR count). The van der Waals surface area contributed by atoms with Gasteiger partial charge in [-0.05, 0) is 55.3 Å². The van der Waals surface area contributed by atoms with Gasteiger partial charge < -0.3 is 15.5 Å². The van der Waals surface area contributed by atoms with E-state index in [1.165, 1.54) is 0 Å². The lowest BCUT2D eigenvalue weighted by Crippen LogP contribution is -2.17.